The van der Waals surface area contributed by atoms with Crippen molar-refractivity contribution >= 4 is 12.4 Å². The molecule has 23 heavy (non-hydrogen) atoms. The Labute approximate surface area is 144 Å². The summed E-state index contributed by atoms with van der Waals surface area (Å²) in [5, 5.41) is 3.47. The Hall–Kier alpha value is -1.62. The van der Waals surface area contributed by atoms with Crippen LogP contribution >= 0.6 is 12.4 Å². The van der Waals surface area contributed by atoms with Crippen LogP contribution in [0.3, 0.4) is 0 Å². The van der Waals surface area contributed by atoms with E-state index in [0.29, 0.717) is 12.6 Å². The summed E-state index contributed by atoms with van der Waals surface area (Å²) in [4.78, 5) is 6.75. The fraction of sp³-hybridized carbons (Fsp3) is 0.389. The summed E-state index contributed by atoms with van der Waals surface area (Å²) in [6.07, 6.45) is 1.79. The summed E-state index contributed by atoms with van der Waals surface area (Å²) in [6, 6.07) is 14.8. The van der Waals surface area contributed by atoms with Crippen LogP contribution in [0.1, 0.15) is 18.2 Å². The fourth-order valence-corrected chi connectivity index (χ4v) is 2.75. The average molecular weight is 334 g/mol. The molecule has 1 aliphatic heterocycles. The van der Waals surface area contributed by atoms with Crippen LogP contribution in [0.4, 0.5) is 0 Å². The average Bonchev–Trinajstić information content (AvgIpc) is 2.55. The topological polar surface area (TPSA) is 37.4 Å². The van der Waals surface area contributed by atoms with E-state index in [1.165, 1.54) is 5.56 Å². The van der Waals surface area contributed by atoms with Gasteiger partial charge in [0.2, 0.25) is 0 Å². The van der Waals surface area contributed by atoms with E-state index in [4.69, 9.17) is 4.74 Å². The highest BCUT2D eigenvalue weighted by Gasteiger charge is 2.15. The van der Waals surface area contributed by atoms with Crippen LogP contribution in [0.25, 0.3) is 0 Å². The van der Waals surface area contributed by atoms with Crippen LogP contribution in [0, 0.1) is 0 Å². The van der Waals surface area contributed by atoms with E-state index in [-0.39, 0.29) is 12.4 Å². The Morgan fingerprint density at radius 3 is 2.74 bits per heavy atom. The van der Waals surface area contributed by atoms with Crippen molar-refractivity contribution in [3.63, 3.8) is 0 Å². The van der Waals surface area contributed by atoms with Gasteiger partial charge in [-0.05, 0) is 36.8 Å². The molecule has 4 nitrogen and oxygen atoms in total. The van der Waals surface area contributed by atoms with Crippen LogP contribution in [0.15, 0.2) is 48.7 Å². The molecule has 0 aliphatic carbocycles. The molecule has 1 aliphatic rings. The Balaban J connectivity index is 0.00000192. The third-order valence-corrected chi connectivity index (χ3v) is 3.90. The van der Waals surface area contributed by atoms with E-state index in [0.717, 1.165) is 37.6 Å². The van der Waals surface area contributed by atoms with Gasteiger partial charge in [0.05, 0.1) is 5.69 Å². The molecule has 0 bridgehead atoms. The number of hydrogen-bond donors (Lipinski definition) is 1. The molecule has 0 amide bonds. The lowest BCUT2D eigenvalue weighted by atomic mass is 10.1. The first-order chi connectivity index (χ1) is 10.8. The van der Waals surface area contributed by atoms with Crippen molar-refractivity contribution in [3.8, 4) is 5.75 Å². The Morgan fingerprint density at radius 2 is 2.04 bits per heavy atom. The number of hydrogen-bond acceptors (Lipinski definition) is 4. The highest BCUT2D eigenvalue weighted by atomic mass is 35.5. The van der Waals surface area contributed by atoms with Gasteiger partial charge in [0, 0.05) is 38.4 Å². The van der Waals surface area contributed by atoms with Crippen LogP contribution in [-0.4, -0.2) is 35.6 Å². The second-order valence-corrected chi connectivity index (χ2v) is 5.84. The maximum atomic E-state index is 5.77. The minimum atomic E-state index is 0. The zero-order valence-corrected chi connectivity index (χ0v) is 14.3. The summed E-state index contributed by atoms with van der Waals surface area (Å²) in [5.41, 5.74) is 2.28. The largest absolute Gasteiger partial charge is 0.487 e. The highest BCUT2D eigenvalue weighted by molar-refractivity contribution is 5.85. The Morgan fingerprint density at radius 1 is 1.22 bits per heavy atom. The number of nitrogens with one attached hydrogen (secondary N) is 1. The Kier molecular flexibility index (Phi) is 6.84. The molecule has 1 saturated heterocycles. The maximum Gasteiger partial charge on any atom is 0.130 e. The number of benzene rings is 1. The van der Waals surface area contributed by atoms with Crippen molar-refractivity contribution in [2.75, 3.05) is 19.6 Å². The van der Waals surface area contributed by atoms with Crippen LogP contribution in [-0.2, 0) is 13.2 Å². The standard InChI is InChI=1S/C18H23N3O.ClH/c1-15-12-21(11-10-19-15)13-16-5-7-18(8-6-16)22-14-17-4-2-3-9-20-17;/h2-9,15,19H,10-14H2,1H3;1H/t15-;/m0./s1. The highest BCUT2D eigenvalue weighted by Crippen LogP contribution is 2.15. The number of nitrogens with zero attached hydrogens (tertiary/aromatic N) is 2. The van der Waals surface area contributed by atoms with Gasteiger partial charge in [0.1, 0.15) is 12.4 Å². The first-order valence-corrected chi connectivity index (χ1v) is 7.87. The van der Waals surface area contributed by atoms with Crippen molar-refractivity contribution < 1.29 is 4.74 Å². The van der Waals surface area contributed by atoms with E-state index >= 15 is 0 Å². The van der Waals surface area contributed by atoms with Gasteiger partial charge in [-0.15, -0.1) is 12.4 Å². The lowest BCUT2D eigenvalue weighted by molar-refractivity contribution is 0.199. The first kappa shape index (κ1) is 17.7. The van der Waals surface area contributed by atoms with Crippen LogP contribution in [0.5, 0.6) is 5.75 Å². The van der Waals surface area contributed by atoms with Gasteiger partial charge in [-0.3, -0.25) is 9.88 Å². The minimum absolute atomic E-state index is 0. The van der Waals surface area contributed by atoms with Crippen LogP contribution in [0.2, 0.25) is 0 Å². The summed E-state index contributed by atoms with van der Waals surface area (Å²) in [7, 11) is 0. The fourth-order valence-electron chi connectivity index (χ4n) is 2.75. The van der Waals surface area contributed by atoms with Crippen molar-refractivity contribution in [3.05, 3.63) is 59.9 Å². The summed E-state index contributed by atoms with van der Waals surface area (Å²) in [6.45, 7) is 7.05. The molecule has 1 aromatic carbocycles. The molecule has 1 atom stereocenters. The molecule has 2 heterocycles. The number of aromatic nitrogens is 1. The molecule has 1 fully saturated rings. The molecule has 0 saturated carbocycles. The van der Waals surface area contributed by atoms with Gasteiger partial charge >= 0.3 is 0 Å². The zero-order chi connectivity index (χ0) is 15.2. The van der Waals surface area contributed by atoms with E-state index in [1.54, 1.807) is 6.20 Å². The molecule has 1 N–H and O–H groups in total. The van der Waals surface area contributed by atoms with Crippen LogP contribution < -0.4 is 10.1 Å². The molecule has 0 radical (unpaired) electrons. The molecule has 1 aromatic heterocycles. The van der Waals surface area contributed by atoms with Crippen molar-refractivity contribution in [1.82, 2.24) is 15.2 Å². The number of ether oxygens (including phenoxy) is 1. The third-order valence-electron chi connectivity index (χ3n) is 3.90. The zero-order valence-electron chi connectivity index (χ0n) is 13.4. The lowest BCUT2D eigenvalue weighted by Gasteiger charge is -2.31. The van der Waals surface area contributed by atoms with E-state index in [9.17, 15) is 0 Å². The molecule has 2 aromatic rings. The minimum Gasteiger partial charge on any atom is -0.487 e. The number of pyridine rings is 1. The molecule has 0 spiro atoms. The van der Waals surface area contributed by atoms with Gasteiger partial charge in [0.25, 0.3) is 0 Å². The maximum absolute atomic E-state index is 5.77. The van der Waals surface area contributed by atoms with Gasteiger partial charge in [-0.2, -0.15) is 0 Å². The molecular formula is C18H24ClN3O. The second-order valence-electron chi connectivity index (χ2n) is 5.84. The molecule has 3 rings (SSSR count). The predicted octanol–water partition coefficient (Wildman–Crippen LogP) is 2.88. The van der Waals surface area contributed by atoms with Gasteiger partial charge in [-0.25, -0.2) is 0 Å². The van der Waals surface area contributed by atoms with Crippen molar-refractivity contribution in [2.45, 2.75) is 26.1 Å². The van der Waals surface area contributed by atoms with Crippen molar-refractivity contribution in [1.29, 1.82) is 0 Å². The Bertz CT molecular complexity index is 577. The monoisotopic (exact) mass is 333 g/mol. The summed E-state index contributed by atoms with van der Waals surface area (Å²) in [5.74, 6) is 0.892. The molecular weight excluding hydrogens is 310 g/mol. The van der Waals surface area contributed by atoms with E-state index in [1.807, 2.05) is 30.3 Å². The lowest BCUT2D eigenvalue weighted by Crippen LogP contribution is -2.48. The van der Waals surface area contributed by atoms with Gasteiger partial charge in [-0.1, -0.05) is 18.2 Å². The molecule has 124 valence electrons. The molecule has 0 unspecified atom stereocenters. The van der Waals surface area contributed by atoms with Gasteiger partial charge in [0.15, 0.2) is 0 Å². The van der Waals surface area contributed by atoms with E-state index < -0.39 is 0 Å². The third kappa shape index (κ3) is 5.50. The smallest absolute Gasteiger partial charge is 0.130 e. The normalized spacial score (nSPS) is 18.2. The number of rotatable bonds is 5. The second kappa shape index (κ2) is 8.87. The number of piperazine rings is 1. The number of halogens is 1. The molecule has 5 heteroatoms. The predicted molar refractivity (Wildman–Crippen MR) is 95.0 cm³/mol. The van der Waals surface area contributed by atoms with Gasteiger partial charge < -0.3 is 10.1 Å². The first-order valence-electron chi connectivity index (χ1n) is 7.87. The van der Waals surface area contributed by atoms with Crippen molar-refractivity contribution in [2.24, 2.45) is 0 Å². The summed E-state index contributed by atoms with van der Waals surface area (Å²) < 4.78 is 5.77. The van der Waals surface area contributed by atoms with E-state index in [2.05, 4.69) is 34.3 Å². The SMILES string of the molecule is C[C@H]1CN(Cc2ccc(OCc3ccccn3)cc2)CCN1.Cl. The quantitative estimate of drug-likeness (QED) is 0.913. The summed E-state index contributed by atoms with van der Waals surface area (Å²) >= 11 is 0.